The zero-order chi connectivity index (χ0) is 14.0. The van der Waals surface area contributed by atoms with Gasteiger partial charge in [0.05, 0.1) is 14.2 Å². The molecule has 0 fully saturated rings. The van der Waals surface area contributed by atoms with Gasteiger partial charge in [-0.05, 0) is 30.0 Å². The third-order valence-electron chi connectivity index (χ3n) is 3.28. The van der Waals surface area contributed by atoms with E-state index in [-0.39, 0.29) is 0 Å². The van der Waals surface area contributed by atoms with Crippen molar-refractivity contribution in [1.29, 1.82) is 0 Å². The zero-order valence-electron chi connectivity index (χ0n) is 11.2. The van der Waals surface area contributed by atoms with Crippen LogP contribution in [0.5, 0.6) is 0 Å². The summed E-state index contributed by atoms with van der Waals surface area (Å²) in [6, 6.07) is 6.05. The number of carbonyl (C=O) groups excluding carboxylic acids is 2. The van der Waals surface area contributed by atoms with Crippen LogP contribution in [0.2, 0.25) is 0 Å². The maximum absolute atomic E-state index is 11.8. The average Bonchev–Trinajstić information content (AvgIpc) is 2.80. The fourth-order valence-electron chi connectivity index (χ4n) is 2.32. The van der Waals surface area contributed by atoms with Gasteiger partial charge in [-0.3, -0.25) is 9.59 Å². The maximum Gasteiger partial charge on any atom is 0.324 e. The molecule has 4 nitrogen and oxygen atoms in total. The summed E-state index contributed by atoms with van der Waals surface area (Å²) in [5.41, 5.74) is 4.03. The Bertz CT molecular complexity index is 541. The van der Waals surface area contributed by atoms with Crippen molar-refractivity contribution in [2.45, 2.75) is 13.3 Å². The number of esters is 2. The lowest BCUT2D eigenvalue weighted by Gasteiger charge is -2.13. The van der Waals surface area contributed by atoms with E-state index in [4.69, 9.17) is 0 Å². The number of methoxy groups -OCH3 is 2. The van der Waals surface area contributed by atoms with Gasteiger partial charge in [0.15, 0.2) is 5.92 Å². The highest BCUT2D eigenvalue weighted by Gasteiger charge is 2.34. The monoisotopic (exact) mass is 260 g/mol. The van der Waals surface area contributed by atoms with Crippen LogP contribution in [0.3, 0.4) is 0 Å². The lowest BCUT2D eigenvalue weighted by atomic mass is 9.97. The molecule has 1 aliphatic carbocycles. The summed E-state index contributed by atoms with van der Waals surface area (Å²) in [6.07, 6.45) is 2.44. The predicted molar refractivity (Wildman–Crippen MR) is 70.4 cm³/mol. The molecule has 0 heterocycles. The molecule has 19 heavy (non-hydrogen) atoms. The van der Waals surface area contributed by atoms with Crippen molar-refractivity contribution in [2.75, 3.05) is 14.2 Å². The van der Waals surface area contributed by atoms with Crippen LogP contribution in [0.15, 0.2) is 23.8 Å². The smallest absolute Gasteiger partial charge is 0.324 e. The van der Waals surface area contributed by atoms with Gasteiger partial charge < -0.3 is 9.47 Å². The van der Waals surface area contributed by atoms with Gasteiger partial charge in [-0.2, -0.15) is 0 Å². The minimum absolute atomic E-state index is 0.575. The first kappa shape index (κ1) is 13.3. The van der Waals surface area contributed by atoms with Gasteiger partial charge in [0.1, 0.15) is 0 Å². The highest BCUT2D eigenvalue weighted by atomic mass is 16.5. The molecule has 0 saturated carbocycles. The first-order chi connectivity index (χ1) is 9.06. The minimum Gasteiger partial charge on any atom is -0.468 e. The summed E-state index contributed by atoms with van der Waals surface area (Å²) in [7, 11) is 2.54. The van der Waals surface area contributed by atoms with Gasteiger partial charge in [-0.1, -0.05) is 29.8 Å². The van der Waals surface area contributed by atoms with E-state index in [1.54, 1.807) is 0 Å². The Kier molecular flexibility index (Phi) is 3.69. The van der Waals surface area contributed by atoms with E-state index < -0.39 is 17.9 Å². The minimum atomic E-state index is -0.970. The first-order valence-electron chi connectivity index (χ1n) is 6.02. The Hall–Kier alpha value is -2.10. The number of benzene rings is 1. The third kappa shape index (κ3) is 2.52. The van der Waals surface area contributed by atoms with Gasteiger partial charge in [0.25, 0.3) is 0 Å². The Morgan fingerprint density at radius 2 is 1.79 bits per heavy atom. The molecule has 0 unspecified atom stereocenters. The molecule has 0 saturated heterocycles. The van der Waals surface area contributed by atoms with Gasteiger partial charge in [0, 0.05) is 0 Å². The van der Waals surface area contributed by atoms with Crippen molar-refractivity contribution >= 4 is 18.0 Å². The highest BCUT2D eigenvalue weighted by molar-refractivity contribution is 5.99. The molecule has 0 spiro atoms. The van der Waals surface area contributed by atoms with Crippen molar-refractivity contribution < 1.29 is 19.1 Å². The van der Waals surface area contributed by atoms with Crippen molar-refractivity contribution in [3.63, 3.8) is 0 Å². The van der Waals surface area contributed by atoms with Gasteiger partial charge >= 0.3 is 11.9 Å². The van der Waals surface area contributed by atoms with Gasteiger partial charge in [-0.15, -0.1) is 0 Å². The summed E-state index contributed by atoms with van der Waals surface area (Å²) in [5.74, 6) is -2.13. The van der Waals surface area contributed by atoms with E-state index in [9.17, 15) is 9.59 Å². The quantitative estimate of drug-likeness (QED) is 0.615. The van der Waals surface area contributed by atoms with Crippen molar-refractivity contribution in [3.8, 4) is 0 Å². The van der Waals surface area contributed by atoms with Gasteiger partial charge in [0.2, 0.25) is 0 Å². The first-order valence-corrected chi connectivity index (χ1v) is 6.02. The Labute approximate surface area is 112 Å². The SMILES string of the molecule is COC(=O)C(C(=O)OC)C1=Cc2ccc(C)cc2C1. The number of hydrogen-bond donors (Lipinski definition) is 0. The Morgan fingerprint density at radius 3 is 2.37 bits per heavy atom. The molecular formula is C15H16O4. The Morgan fingerprint density at radius 1 is 1.16 bits per heavy atom. The molecule has 0 aromatic heterocycles. The Balaban J connectivity index is 2.32. The molecule has 1 aliphatic rings. The lowest BCUT2D eigenvalue weighted by molar-refractivity contribution is -0.156. The summed E-state index contributed by atoms with van der Waals surface area (Å²) >= 11 is 0. The largest absolute Gasteiger partial charge is 0.468 e. The molecule has 1 aromatic rings. The number of aryl methyl sites for hydroxylation is 1. The summed E-state index contributed by atoms with van der Waals surface area (Å²) < 4.78 is 9.38. The summed E-state index contributed by atoms with van der Waals surface area (Å²) in [5, 5.41) is 0. The van der Waals surface area contributed by atoms with E-state index >= 15 is 0 Å². The number of carbonyl (C=O) groups is 2. The van der Waals surface area contributed by atoms with Crippen LogP contribution in [0, 0.1) is 12.8 Å². The molecule has 0 bridgehead atoms. The van der Waals surface area contributed by atoms with Crippen LogP contribution in [0.25, 0.3) is 6.08 Å². The van der Waals surface area contributed by atoms with E-state index in [2.05, 4.69) is 15.5 Å². The van der Waals surface area contributed by atoms with Gasteiger partial charge in [-0.25, -0.2) is 0 Å². The molecule has 0 amide bonds. The molecule has 0 atom stereocenters. The van der Waals surface area contributed by atoms with E-state index in [1.807, 2.05) is 25.1 Å². The standard InChI is InChI=1S/C15H16O4/c1-9-4-5-10-7-12(8-11(10)6-9)13(14(16)18-2)15(17)19-3/h4-7,13H,8H2,1-3H3. The lowest BCUT2D eigenvalue weighted by Crippen LogP contribution is -2.28. The van der Waals surface area contributed by atoms with Crippen LogP contribution in [0.4, 0.5) is 0 Å². The third-order valence-corrected chi connectivity index (χ3v) is 3.28. The summed E-state index contributed by atoms with van der Waals surface area (Å²) in [4.78, 5) is 23.5. The van der Waals surface area contributed by atoms with Crippen molar-refractivity contribution in [3.05, 3.63) is 40.5 Å². The maximum atomic E-state index is 11.8. The number of ether oxygens (including phenoxy) is 2. The molecule has 0 radical (unpaired) electrons. The van der Waals surface area contributed by atoms with Crippen LogP contribution in [-0.2, 0) is 25.5 Å². The molecule has 4 heteroatoms. The molecular weight excluding hydrogens is 244 g/mol. The topological polar surface area (TPSA) is 52.6 Å². The second-order valence-electron chi connectivity index (χ2n) is 4.58. The molecule has 0 N–H and O–H groups in total. The second-order valence-corrected chi connectivity index (χ2v) is 4.58. The molecule has 1 aromatic carbocycles. The molecule has 0 aliphatic heterocycles. The van der Waals surface area contributed by atoms with Crippen LogP contribution in [0.1, 0.15) is 16.7 Å². The van der Waals surface area contributed by atoms with E-state index in [0.717, 1.165) is 22.3 Å². The average molecular weight is 260 g/mol. The number of hydrogen-bond acceptors (Lipinski definition) is 4. The highest BCUT2D eigenvalue weighted by Crippen LogP contribution is 2.31. The molecule has 100 valence electrons. The van der Waals surface area contributed by atoms with Crippen LogP contribution < -0.4 is 0 Å². The molecule has 2 rings (SSSR count). The van der Waals surface area contributed by atoms with Crippen molar-refractivity contribution in [2.24, 2.45) is 5.92 Å². The normalized spacial score (nSPS) is 12.9. The predicted octanol–water partition coefficient (Wildman–Crippen LogP) is 1.90. The summed E-state index contributed by atoms with van der Waals surface area (Å²) in [6.45, 7) is 2.01. The van der Waals surface area contributed by atoms with E-state index in [0.29, 0.717) is 6.42 Å². The number of rotatable bonds is 3. The van der Waals surface area contributed by atoms with Crippen molar-refractivity contribution in [1.82, 2.24) is 0 Å². The zero-order valence-corrected chi connectivity index (χ0v) is 11.2. The second kappa shape index (κ2) is 5.26. The van der Waals surface area contributed by atoms with Crippen LogP contribution in [-0.4, -0.2) is 26.2 Å². The van der Waals surface area contributed by atoms with Crippen LogP contribution >= 0.6 is 0 Å². The number of fused-ring (bicyclic) bond motifs is 1. The van der Waals surface area contributed by atoms with E-state index in [1.165, 1.54) is 14.2 Å². The fourth-order valence-corrected chi connectivity index (χ4v) is 2.32. The fraction of sp³-hybridized carbons (Fsp3) is 0.333.